The molecule has 0 amide bonds. The molecule has 0 aromatic heterocycles. The maximum absolute atomic E-state index is 14.9. The second-order valence-corrected chi connectivity index (χ2v) is 8.05. The van der Waals surface area contributed by atoms with Gasteiger partial charge >= 0.3 is 0 Å². The van der Waals surface area contributed by atoms with E-state index in [9.17, 15) is 13.9 Å². The first-order chi connectivity index (χ1) is 12.9. The minimum absolute atomic E-state index is 0.278. The zero-order chi connectivity index (χ0) is 18.9. The van der Waals surface area contributed by atoms with Crippen LogP contribution < -0.4 is 0 Å². The fraction of sp³-hybridized carbons (Fsp3) is 0.455. The molecule has 2 aliphatic rings. The summed E-state index contributed by atoms with van der Waals surface area (Å²) in [7, 11) is 0. The molecular formula is C22H26F2N2O. The van der Waals surface area contributed by atoms with E-state index >= 15 is 0 Å². The van der Waals surface area contributed by atoms with Gasteiger partial charge in [-0.1, -0.05) is 60.7 Å². The minimum Gasteiger partial charge on any atom is -0.389 e. The molecule has 1 atom stereocenters. The molecule has 0 radical (unpaired) electrons. The summed E-state index contributed by atoms with van der Waals surface area (Å²) in [5, 5.41) is 10.2. The van der Waals surface area contributed by atoms with Crippen molar-refractivity contribution in [1.29, 1.82) is 0 Å². The second kappa shape index (κ2) is 7.30. The lowest BCUT2D eigenvalue weighted by molar-refractivity contribution is -0.0565. The Bertz CT molecular complexity index is 708. The summed E-state index contributed by atoms with van der Waals surface area (Å²) in [6.45, 7) is 1.32. The molecule has 2 fully saturated rings. The van der Waals surface area contributed by atoms with Crippen molar-refractivity contribution in [1.82, 2.24) is 9.80 Å². The van der Waals surface area contributed by atoms with Crippen LogP contribution in [0.15, 0.2) is 60.7 Å². The van der Waals surface area contributed by atoms with Crippen LogP contribution in [0.5, 0.6) is 0 Å². The number of benzene rings is 2. The number of halogens is 2. The Hall–Kier alpha value is -1.82. The zero-order valence-electron chi connectivity index (χ0n) is 15.4. The molecule has 1 saturated carbocycles. The van der Waals surface area contributed by atoms with Crippen LogP contribution in [0.3, 0.4) is 0 Å². The highest BCUT2D eigenvalue weighted by Gasteiger charge is 2.53. The zero-order valence-corrected chi connectivity index (χ0v) is 15.4. The Balaban J connectivity index is 1.54. The van der Waals surface area contributed by atoms with Crippen molar-refractivity contribution in [3.63, 3.8) is 0 Å². The average molecular weight is 372 g/mol. The van der Waals surface area contributed by atoms with E-state index in [-0.39, 0.29) is 13.1 Å². The van der Waals surface area contributed by atoms with Gasteiger partial charge in [-0.2, -0.15) is 0 Å². The summed E-state index contributed by atoms with van der Waals surface area (Å²) in [6.07, 6.45) is 1.44. The summed E-state index contributed by atoms with van der Waals surface area (Å²) in [5.74, 6) is -2.80. The van der Waals surface area contributed by atoms with Gasteiger partial charge in [0.15, 0.2) is 0 Å². The maximum Gasteiger partial charge on any atom is 0.276 e. The van der Waals surface area contributed by atoms with Gasteiger partial charge in [0.25, 0.3) is 5.92 Å². The smallest absolute Gasteiger partial charge is 0.276 e. The van der Waals surface area contributed by atoms with Crippen LogP contribution in [-0.2, 0) is 13.1 Å². The first kappa shape index (κ1) is 18.5. The van der Waals surface area contributed by atoms with E-state index in [1.165, 1.54) is 0 Å². The molecule has 1 saturated heterocycles. The van der Waals surface area contributed by atoms with Gasteiger partial charge in [-0.3, -0.25) is 9.80 Å². The topological polar surface area (TPSA) is 26.7 Å². The van der Waals surface area contributed by atoms with Crippen molar-refractivity contribution in [2.45, 2.75) is 43.5 Å². The third-order valence-corrected chi connectivity index (χ3v) is 5.60. The summed E-state index contributed by atoms with van der Waals surface area (Å²) in [5.41, 5.74) is 1.32. The van der Waals surface area contributed by atoms with Gasteiger partial charge in [-0.05, 0) is 24.0 Å². The molecule has 5 heteroatoms. The number of rotatable bonds is 7. The van der Waals surface area contributed by atoms with Crippen molar-refractivity contribution in [2.75, 3.05) is 19.6 Å². The molecule has 2 aromatic rings. The third-order valence-electron chi connectivity index (χ3n) is 5.60. The molecule has 1 aliphatic heterocycles. The van der Waals surface area contributed by atoms with Crippen molar-refractivity contribution in [3.8, 4) is 0 Å². The summed E-state index contributed by atoms with van der Waals surface area (Å²) >= 11 is 0. The molecule has 4 rings (SSSR count). The van der Waals surface area contributed by atoms with E-state index in [0.29, 0.717) is 19.6 Å². The largest absolute Gasteiger partial charge is 0.389 e. The fourth-order valence-corrected chi connectivity index (χ4v) is 3.98. The number of alkyl halides is 2. The highest BCUT2D eigenvalue weighted by molar-refractivity contribution is 5.18. The second-order valence-electron chi connectivity index (χ2n) is 8.05. The quantitative estimate of drug-likeness (QED) is 0.805. The van der Waals surface area contributed by atoms with E-state index in [1.807, 2.05) is 65.6 Å². The highest BCUT2D eigenvalue weighted by Crippen LogP contribution is 2.39. The van der Waals surface area contributed by atoms with Gasteiger partial charge < -0.3 is 5.11 Å². The standard InChI is InChI=1S/C22H26F2N2O/c23-22(24)17-25(16-21(27)11-12-21)15-20(22)26(13-18-7-3-1-4-8-18)14-19-9-5-2-6-10-19/h1-10,20,27H,11-17H2. The molecule has 27 heavy (non-hydrogen) atoms. The lowest BCUT2D eigenvalue weighted by Gasteiger charge is -2.32. The predicted octanol–water partition coefficient (Wildman–Crippen LogP) is 3.53. The summed E-state index contributed by atoms with van der Waals surface area (Å²) in [6, 6.07) is 18.7. The third kappa shape index (κ3) is 4.54. The number of nitrogens with zero attached hydrogens (tertiary/aromatic N) is 2. The Kier molecular flexibility index (Phi) is 5.01. The van der Waals surface area contributed by atoms with E-state index < -0.39 is 17.6 Å². The van der Waals surface area contributed by atoms with Crippen LogP contribution in [0, 0.1) is 0 Å². The van der Waals surface area contributed by atoms with Crippen molar-refractivity contribution in [3.05, 3.63) is 71.8 Å². The average Bonchev–Trinajstić information content (AvgIpc) is 3.28. The van der Waals surface area contributed by atoms with Crippen molar-refractivity contribution >= 4 is 0 Å². The van der Waals surface area contributed by atoms with Gasteiger partial charge in [-0.15, -0.1) is 0 Å². The molecule has 0 spiro atoms. The number of β-amino-alcohol motifs (C(OH)–C–C–N with tert-alkyl or cyclic N) is 1. The van der Waals surface area contributed by atoms with Gasteiger partial charge in [0.1, 0.15) is 0 Å². The Labute approximate surface area is 159 Å². The first-order valence-electron chi connectivity index (χ1n) is 9.58. The van der Waals surface area contributed by atoms with E-state index in [1.54, 1.807) is 4.90 Å². The summed E-state index contributed by atoms with van der Waals surface area (Å²) in [4.78, 5) is 3.63. The van der Waals surface area contributed by atoms with E-state index in [4.69, 9.17) is 0 Å². The highest BCUT2D eigenvalue weighted by atomic mass is 19.3. The molecule has 1 aliphatic carbocycles. The Morgan fingerprint density at radius 1 is 0.926 bits per heavy atom. The van der Waals surface area contributed by atoms with Crippen molar-refractivity contribution < 1.29 is 13.9 Å². The van der Waals surface area contributed by atoms with Gasteiger partial charge in [0.2, 0.25) is 0 Å². The number of hydrogen-bond donors (Lipinski definition) is 1. The van der Waals surface area contributed by atoms with Gasteiger partial charge in [0, 0.05) is 26.2 Å². The van der Waals surface area contributed by atoms with E-state index in [2.05, 4.69) is 0 Å². The Morgan fingerprint density at radius 2 is 1.44 bits per heavy atom. The Morgan fingerprint density at radius 3 is 1.93 bits per heavy atom. The predicted molar refractivity (Wildman–Crippen MR) is 101 cm³/mol. The number of aliphatic hydroxyl groups is 1. The van der Waals surface area contributed by atoms with E-state index in [0.717, 1.165) is 24.0 Å². The maximum atomic E-state index is 14.9. The van der Waals surface area contributed by atoms with Crippen LogP contribution in [0.2, 0.25) is 0 Å². The van der Waals surface area contributed by atoms with Crippen LogP contribution >= 0.6 is 0 Å². The minimum atomic E-state index is -2.80. The van der Waals surface area contributed by atoms with Gasteiger partial charge in [0.05, 0.1) is 18.2 Å². The monoisotopic (exact) mass is 372 g/mol. The van der Waals surface area contributed by atoms with Gasteiger partial charge in [-0.25, -0.2) is 8.78 Å². The normalized spacial score (nSPS) is 23.6. The molecule has 1 N–H and O–H groups in total. The fourth-order valence-electron chi connectivity index (χ4n) is 3.98. The molecular weight excluding hydrogens is 346 g/mol. The molecule has 2 aromatic carbocycles. The number of likely N-dealkylation sites (tertiary alicyclic amines) is 1. The molecule has 144 valence electrons. The molecule has 1 heterocycles. The van der Waals surface area contributed by atoms with Crippen LogP contribution in [0.4, 0.5) is 8.78 Å². The lowest BCUT2D eigenvalue weighted by Crippen LogP contribution is -2.46. The number of hydrogen-bond acceptors (Lipinski definition) is 3. The molecule has 3 nitrogen and oxygen atoms in total. The van der Waals surface area contributed by atoms with Crippen molar-refractivity contribution in [2.24, 2.45) is 0 Å². The van der Waals surface area contributed by atoms with Crippen LogP contribution in [0.25, 0.3) is 0 Å². The van der Waals surface area contributed by atoms with Crippen LogP contribution in [0.1, 0.15) is 24.0 Å². The SMILES string of the molecule is OC1(CN2CC(N(Cc3ccccc3)Cc3ccccc3)C(F)(F)C2)CC1. The summed E-state index contributed by atoms with van der Waals surface area (Å²) < 4.78 is 29.9. The lowest BCUT2D eigenvalue weighted by atomic mass is 10.1. The molecule has 1 unspecified atom stereocenters. The molecule has 0 bridgehead atoms. The first-order valence-corrected chi connectivity index (χ1v) is 9.58. The van der Waals surface area contributed by atoms with Crippen LogP contribution in [-0.4, -0.2) is 52.1 Å².